The second kappa shape index (κ2) is 7.57. The molecule has 2 heterocycles. The number of hydrogen-bond donors (Lipinski definition) is 0. The van der Waals surface area contributed by atoms with E-state index in [-0.39, 0.29) is 11.3 Å². The number of hydrogen-bond acceptors (Lipinski definition) is 4. The maximum absolute atomic E-state index is 13.2. The first-order chi connectivity index (χ1) is 12.7. The molecule has 5 nitrogen and oxygen atoms in total. The normalized spacial score (nSPS) is 29.4. The van der Waals surface area contributed by atoms with Crippen LogP contribution in [0.4, 0.5) is 0 Å². The van der Waals surface area contributed by atoms with Crippen molar-refractivity contribution in [3.8, 4) is 5.75 Å². The predicted molar refractivity (Wildman–Crippen MR) is 100 cm³/mol. The van der Waals surface area contributed by atoms with Gasteiger partial charge in [-0.2, -0.15) is 0 Å². The van der Waals surface area contributed by atoms with Gasteiger partial charge in [-0.25, -0.2) is 0 Å². The van der Waals surface area contributed by atoms with Crippen LogP contribution in [0.25, 0.3) is 0 Å². The minimum absolute atomic E-state index is 0.178. The van der Waals surface area contributed by atoms with Crippen LogP contribution in [0, 0.1) is 11.3 Å². The fraction of sp³-hybridized carbons (Fsp3) is 0.667. The van der Waals surface area contributed by atoms with Gasteiger partial charge in [0.15, 0.2) is 0 Å². The number of para-hydroxylation sites is 1. The maximum atomic E-state index is 13.2. The first kappa shape index (κ1) is 17.8. The smallest absolute Gasteiger partial charge is 0.226 e. The van der Waals surface area contributed by atoms with Crippen molar-refractivity contribution in [1.82, 2.24) is 9.80 Å². The Bertz CT molecular complexity index is 644. The molecule has 0 radical (unpaired) electrons. The Morgan fingerprint density at radius 2 is 2.04 bits per heavy atom. The minimum Gasteiger partial charge on any atom is -0.496 e. The van der Waals surface area contributed by atoms with E-state index in [1.54, 1.807) is 7.11 Å². The number of carbonyl (C=O) groups is 1. The van der Waals surface area contributed by atoms with Crippen molar-refractivity contribution in [3.05, 3.63) is 29.8 Å². The van der Waals surface area contributed by atoms with Crippen LogP contribution in [0.3, 0.4) is 0 Å². The van der Waals surface area contributed by atoms with Gasteiger partial charge in [0.2, 0.25) is 5.91 Å². The number of nitrogens with zero attached hydrogens (tertiary/aromatic N) is 2. The Kier molecular flexibility index (Phi) is 5.18. The van der Waals surface area contributed by atoms with Gasteiger partial charge in [0.05, 0.1) is 20.3 Å². The van der Waals surface area contributed by atoms with Gasteiger partial charge in [0, 0.05) is 37.7 Å². The van der Waals surface area contributed by atoms with E-state index >= 15 is 0 Å². The number of amides is 1. The first-order valence-electron chi connectivity index (χ1n) is 9.93. The van der Waals surface area contributed by atoms with Crippen LogP contribution in [0.2, 0.25) is 0 Å². The summed E-state index contributed by atoms with van der Waals surface area (Å²) >= 11 is 0. The zero-order valence-electron chi connectivity index (χ0n) is 15.8. The fourth-order valence-electron chi connectivity index (χ4n) is 5.21. The standard InChI is InChI=1S/C21H30N2O3/c1-25-19-7-3-2-5-17(19)15-22-10-9-21(16-22)8-4-6-18(21)20(24)23-11-13-26-14-12-23/h2-3,5,7,18H,4,6,8-16H2,1H3/t18-,21+/m0/s1. The highest BCUT2D eigenvalue weighted by Crippen LogP contribution is 2.50. The molecule has 1 spiro atoms. The van der Waals surface area contributed by atoms with Crippen LogP contribution in [-0.2, 0) is 16.1 Å². The lowest BCUT2D eigenvalue weighted by atomic mass is 9.76. The molecule has 0 bridgehead atoms. The van der Waals surface area contributed by atoms with Crippen molar-refractivity contribution >= 4 is 5.91 Å². The summed E-state index contributed by atoms with van der Waals surface area (Å²) in [6.45, 7) is 5.91. The molecule has 5 heteroatoms. The predicted octanol–water partition coefficient (Wildman–Crippen LogP) is 2.55. The van der Waals surface area contributed by atoms with Gasteiger partial charge in [-0.3, -0.25) is 9.69 Å². The van der Waals surface area contributed by atoms with Gasteiger partial charge in [0.25, 0.3) is 0 Å². The van der Waals surface area contributed by atoms with Gasteiger partial charge in [-0.15, -0.1) is 0 Å². The van der Waals surface area contributed by atoms with Crippen molar-refractivity contribution in [2.45, 2.75) is 32.2 Å². The molecule has 26 heavy (non-hydrogen) atoms. The van der Waals surface area contributed by atoms with Gasteiger partial charge >= 0.3 is 0 Å². The summed E-state index contributed by atoms with van der Waals surface area (Å²) in [6.07, 6.45) is 4.57. The summed E-state index contributed by atoms with van der Waals surface area (Å²) in [7, 11) is 1.73. The number of rotatable bonds is 4. The molecule has 0 N–H and O–H groups in total. The monoisotopic (exact) mass is 358 g/mol. The zero-order valence-corrected chi connectivity index (χ0v) is 15.8. The Morgan fingerprint density at radius 1 is 1.23 bits per heavy atom. The molecule has 0 aromatic heterocycles. The van der Waals surface area contributed by atoms with E-state index in [2.05, 4.69) is 17.0 Å². The van der Waals surface area contributed by atoms with E-state index in [0.717, 1.165) is 51.3 Å². The minimum atomic E-state index is 0.178. The van der Waals surface area contributed by atoms with E-state index in [9.17, 15) is 4.79 Å². The van der Waals surface area contributed by atoms with E-state index < -0.39 is 0 Å². The molecule has 0 unspecified atom stereocenters. The van der Waals surface area contributed by atoms with Crippen molar-refractivity contribution in [3.63, 3.8) is 0 Å². The molecule has 2 aliphatic heterocycles. The average Bonchev–Trinajstić information content (AvgIpc) is 3.29. The summed E-state index contributed by atoms with van der Waals surface area (Å²) < 4.78 is 10.9. The molecule has 2 saturated heterocycles. The average molecular weight is 358 g/mol. The van der Waals surface area contributed by atoms with E-state index in [0.29, 0.717) is 19.1 Å². The summed E-state index contributed by atoms with van der Waals surface area (Å²) in [5.74, 6) is 1.54. The Labute approximate surface area is 156 Å². The van der Waals surface area contributed by atoms with Crippen LogP contribution in [0.1, 0.15) is 31.2 Å². The molecule has 1 aromatic rings. The molecule has 1 aliphatic carbocycles. The molecule has 1 saturated carbocycles. The highest BCUT2D eigenvalue weighted by Gasteiger charge is 2.51. The number of morpholine rings is 1. The van der Waals surface area contributed by atoms with Crippen molar-refractivity contribution in [2.24, 2.45) is 11.3 Å². The number of likely N-dealkylation sites (tertiary alicyclic amines) is 1. The topological polar surface area (TPSA) is 42.0 Å². The fourth-order valence-corrected chi connectivity index (χ4v) is 5.21. The maximum Gasteiger partial charge on any atom is 0.226 e. The molecule has 1 amide bonds. The molecule has 142 valence electrons. The third kappa shape index (κ3) is 3.35. The molecule has 2 atom stereocenters. The number of methoxy groups -OCH3 is 1. The van der Waals surface area contributed by atoms with Crippen molar-refractivity contribution in [1.29, 1.82) is 0 Å². The van der Waals surface area contributed by atoms with Crippen LogP contribution in [0.15, 0.2) is 24.3 Å². The van der Waals surface area contributed by atoms with Crippen LogP contribution < -0.4 is 4.74 Å². The molecule has 4 rings (SSSR count). The largest absolute Gasteiger partial charge is 0.496 e. The van der Waals surface area contributed by atoms with E-state index in [1.807, 2.05) is 17.0 Å². The highest BCUT2D eigenvalue weighted by atomic mass is 16.5. The molecule has 3 aliphatic rings. The van der Waals surface area contributed by atoms with E-state index in [4.69, 9.17) is 9.47 Å². The highest BCUT2D eigenvalue weighted by molar-refractivity contribution is 5.80. The second-order valence-electron chi connectivity index (χ2n) is 8.02. The number of ether oxygens (including phenoxy) is 2. The van der Waals surface area contributed by atoms with Crippen LogP contribution in [0.5, 0.6) is 5.75 Å². The Hall–Kier alpha value is -1.59. The van der Waals surface area contributed by atoms with E-state index in [1.165, 1.54) is 18.4 Å². The SMILES string of the molecule is COc1ccccc1CN1CC[C@]2(CCC[C@H]2C(=O)N2CCOCC2)C1. The zero-order chi connectivity index (χ0) is 18.0. The Morgan fingerprint density at radius 3 is 2.85 bits per heavy atom. The van der Waals surface area contributed by atoms with Gasteiger partial charge in [-0.1, -0.05) is 24.6 Å². The van der Waals surface area contributed by atoms with Crippen molar-refractivity contribution in [2.75, 3.05) is 46.5 Å². The second-order valence-corrected chi connectivity index (χ2v) is 8.02. The van der Waals surface area contributed by atoms with Crippen LogP contribution >= 0.6 is 0 Å². The van der Waals surface area contributed by atoms with Gasteiger partial charge in [-0.05, 0) is 37.3 Å². The third-order valence-corrected chi connectivity index (χ3v) is 6.58. The summed E-state index contributed by atoms with van der Waals surface area (Å²) in [5.41, 5.74) is 1.42. The molecule has 1 aromatic carbocycles. The summed E-state index contributed by atoms with van der Waals surface area (Å²) in [6, 6.07) is 8.27. The molecular formula is C21H30N2O3. The Balaban J connectivity index is 1.44. The lowest BCUT2D eigenvalue weighted by Gasteiger charge is -2.36. The molecular weight excluding hydrogens is 328 g/mol. The lowest BCUT2D eigenvalue weighted by molar-refractivity contribution is -0.143. The third-order valence-electron chi connectivity index (χ3n) is 6.58. The van der Waals surface area contributed by atoms with Gasteiger partial charge < -0.3 is 14.4 Å². The number of carbonyl (C=O) groups excluding carboxylic acids is 1. The quantitative estimate of drug-likeness (QED) is 0.830. The van der Waals surface area contributed by atoms with Gasteiger partial charge in [0.1, 0.15) is 5.75 Å². The summed E-state index contributed by atoms with van der Waals surface area (Å²) in [4.78, 5) is 17.7. The van der Waals surface area contributed by atoms with Crippen LogP contribution in [-0.4, -0.2) is 62.2 Å². The lowest BCUT2D eigenvalue weighted by Crippen LogP contribution is -2.47. The summed E-state index contributed by atoms with van der Waals surface area (Å²) in [5, 5.41) is 0. The molecule has 3 fully saturated rings. The van der Waals surface area contributed by atoms with Crippen molar-refractivity contribution < 1.29 is 14.3 Å². The number of benzene rings is 1. The first-order valence-corrected chi connectivity index (χ1v) is 9.93.